The third-order valence-corrected chi connectivity index (χ3v) is 6.81. The monoisotopic (exact) mass is 376 g/mol. The number of thiophene rings is 1. The maximum Gasteiger partial charge on any atom is 0.0729 e. The van der Waals surface area contributed by atoms with Gasteiger partial charge in [0.15, 0.2) is 0 Å². The van der Waals surface area contributed by atoms with Crippen molar-refractivity contribution in [1.82, 2.24) is 14.9 Å². The zero-order chi connectivity index (χ0) is 18.3. The van der Waals surface area contributed by atoms with Gasteiger partial charge in [0.25, 0.3) is 0 Å². The molecular weight excluding hydrogens is 352 g/mol. The first-order valence-electron chi connectivity index (χ1n) is 9.59. The second kappa shape index (κ2) is 6.73. The van der Waals surface area contributed by atoms with Crippen molar-refractivity contribution in [3.05, 3.63) is 76.0 Å². The van der Waals surface area contributed by atoms with E-state index in [1.54, 1.807) is 0 Å². The minimum Gasteiger partial charge on any atom is -0.365 e. The number of aryl methyl sites for hydroxylation is 1. The van der Waals surface area contributed by atoms with Gasteiger partial charge in [0.1, 0.15) is 0 Å². The largest absolute Gasteiger partial charge is 0.365 e. The first-order valence-corrected chi connectivity index (χ1v) is 10.4. The summed E-state index contributed by atoms with van der Waals surface area (Å²) in [5, 5.41) is 0. The van der Waals surface area contributed by atoms with E-state index >= 15 is 0 Å². The van der Waals surface area contributed by atoms with Gasteiger partial charge in [-0.25, -0.2) is 0 Å². The molecule has 27 heavy (non-hydrogen) atoms. The molecule has 0 amide bonds. The molecule has 5 heteroatoms. The molecule has 1 atom stereocenters. The minimum absolute atomic E-state index is 0.158. The van der Waals surface area contributed by atoms with Crippen LogP contribution in [0.15, 0.2) is 55.0 Å². The summed E-state index contributed by atoms with van der Waals surface area (Å²) in [6, 6.07) is 13.0. The molecule has 0 aliphatic carbocycles. The highest BCUT2D eigenvalue weighted by molar-refractivity contribution is 7.11. The third-order valence-electron chi connectivity index (χ3n) is 5.83. The first-order chi connectivity index (χ1) is 13.2. The van der Waals surface area contributed by atoms with Gasteiger partial charge < -0.3 is 4.90 Å². The second-order valence-corrected chi connectivity index (χ2v) is 9.21. The molecule has 5 rings (SSSR count). The van der Waals surface area contributed by atoms with Gasteiger partial charge in [0.2, 0.25) is 0 Å². The summed E-state index contributed by atoms with van der Waals surface area (Å²) in [6.45, 7) is 7.44. The number of hydrogen-bond acceptors (Lipinski definition) is 5. The van der Waals surface area contributed by atoms with Gasteiger partial charge in [-0.05, 0) is 55.8 Å². The van der Waals surface area contributed by atoms with Gasteiger partial charge in [-0.2, -0.15) is 0 Å². The van der Waals surface area contributed by atoms with Crippen LogP contribution in [0, 0.1) is 6.92 Å². The van der Waals surface area contributed by atoms with Gasteiger partial charge in [0.05, 0.1) is 11.4 Å². The van der Waals surface area contributed by atoms with E-state index in [-0.39, 0.29) is 5.41 Å². The summed E-state index contributed by atoms with van der Waals surface area (Å²) in [6.07, 6.45) is 6.96. The lowest BCUT2D eigenvalue weighted by Gasteiger charge is -2.26. The van der Waals surface area contributed by atoms with Crippen LogP contribution in [0.3, 0.4) is 0 Å². The van der Waals surface area contributed by atoms with E-state index in [1.807, 2.05) is 36.0 Å². The first kappa shape index (κ1) is 16.9. The summed E-state index contributed by atoms with van der Waals surface area (Å²) in [5.74, 6) is 0. The number of aromatic nitrogens is 2. The third kappa shape index (κ3) is 3.15. The van der Waals surface area contributed by atoms with Crippen LogP contribution in [0.4, 0.5) is 5.69 Å². The lowest BCUT2D eigenvalue weighted by atomic mass is 9.85. The van der Waals surface area contributed by atoms with Gasteiger partial charge in [0, 0.05) is 59.9 Å². The zero-order valence-electron chi connectivity index (χ0n) is 15.6. The second-order valence-electron chi connectivity index (χ2n) is 7.84. The Morgan fingerprint density at radius 3 is 2.81 bits per heavy atom. The highest BCUT2D eigenvalue weighted by Gasteiger charge is 2.48. The number of rotatable bonds is 4. The standard InChI is InChI=1S/C22H24N4S/c1-17-6-7-19(27-17)14-25-11-8-22(15-25)16-26(13-18-4-2-9-23-12-18)20-5-3-10-24-21(20)22/h2-7,9-10,12H,8,11,13-16H2,1H3. The van der Waals surface area contributed by atoms with E-state index in [0.29, 0.717) is 0 Å². The predicted molar refractivity (Wildman–Crippen MR) is 110 cm³/mol. The van der Waals surface area contributed by atoms with E-state index in [0.717, 1.165) is 32.7 Å². The Bertz CT molecular complexity index is 938. The molecule has 4 nitrogen and oxygen atoms in total. The van der Waals surface area contributed by atoms with Crippen LogP contribution in [0.1, 0.15) is 27.4 Å². The van der Waals surface area contributed by atoms with Crippen LogP contribution in [0.25, 0.3) is 0 Å². The van der Waals surface area contributed by atoms with Crippen molar-refractivity contribution in [2.75, 3.05) is 24.5 Å². The lowest BCUT2D eigenvalue weighted by molar-refractivity contribution is 0.307. The van der Waals surface area contributed by atoms with Crippen molar-refractivity contribution < 1.29 is 0 Å². The average Bonchev–Trinajstić information content (AvgIpc) is 3.36. The fraction of sp³-hybridized carbons (Fsp3) is 0.364. The van der Waals surface area contributed by atoms with Crippen molar-refractivity contribution in [3.8, 4) is 0 Å². The Labute approximate surface area is 164 Å². The molecule has 1 fully saturated rings. The van der Waals surface area contributed by atoms with Gasteiger partial charge in [-0.15, -0.1) is 11.3 Å². The summed E-state index contributed by atoms with van der Waals surface area (Å²) in [4.78, 5) is 17.1. The summed E-state index contributed by atoms with van der Waals surface area (Å²) >= 11 is 1.92. The summed E-state index contributed by atoms with van der Waals surface area (Å²) in [5.41, 5.74) is 4.01. The van der Waals surface area contributed by atoms with Crippen LogP contribution in [0.2, 0.25) is 0 Å². The van der Waals surface area contributed by atoms with E-state index in [2.05, 4.69) is 52.0 Å². The van der Waals surface area contributed by atoms with Gasteiger partial charge >= 0.3 is 0 Å². The molecule has 0 N–H and O–H groups in total. The molecule has 3 aromatic heterocycles. The molecule has 2 aliphatic heterocycles. The van der Waals surface area contributed by atoms with Gasteiger partial charge in [-0.1, -0.05) is 6.07 Å². The average molecular weight is 377 g/mol. The molecule has 0 radical (unpaired) electrons. The Balaban J connectivity index is 1.38. The SMILES string of the molecule is Cc1ccc(CN2CCC3(C2)CN(Cc2cccnc2)c2cccnc23)s1. The maximum absolute atomic E-state index is 4.85. The number of likely N-dealkylation sites (tertiary alicyclic amines) is 1. The van der Waals surface area contributed by atoms with E-state index in [1.165, 1.54) is 33.1 Å². The van der Waals surface area contributed by atoms with Gasteiger partial charge in [-0.3, -0.25) is 14.9 Å². The molecule has 0 aromatic carbocycles. The quantitative estimate of drug-likeness (QED) is 0.689. The fourth-order valence-electron chi connectivity index (χ4n) is 4.65. The van der Waals surface area contributed by atoms with Crippen LogP contribution >= 0.6 is 11.3 Å². The number of pyridine rings is 2. The van der Waals surface area contributed by atoms with Crippen molar-refractivity contribution in [3.63, 3.8) is 0 Å². The zero-order valence-corrected chi connectivity index (χ0v) is 16.5. The topological polar surface area (TPSA) is 32.3 Å². The van der Waals surface area contributed by atoms with Crippen LogP contribution in [-0.4, -0.2) is 34.5 Å². The fourth-order valence-corrected chi connectivity index (χ4v) is 5.58. The summed E-state index contributed by atoms with van der Waals surface area (Å²) in [7, 11) is 0. The van der Waals surface area contributed by atoms with E-state index < -0.39 is 0 Å². The van der Waals surface area contributed by atoms with Crippen LogP contribution in [-0.2, 0) is 18.5 Å². The molecule has 0 bridgehead atoms. The van der Waals surface area contributed by atoms with Crippen molar-refractivity contribution in [1.29, 1.82) is 0 Å². The molecule has 1 unspecified atom stereocenters. The Kier molecular flexibility index (Phi) is 4.21. The maximum atomic E-state index is 4.85. The van der Waals surface area contributed by atoms with Crippen molar-refractivity contribution >= 4 is 17.0 Å². The Morgan fingerprint density at radius 2 is 2.00 bits per heavy atom. The minimum atomic E-state index is 0.158. The molecule has 138 valence electrons. The Hall–Kier alpha value is -2.24. The van der Waals surface area contributed by atoms with Crippen LogP contribution < -0.4 is 4.90 Å². The number of anilines is 1. The number of hydrogen-bond donors (Lipinski definition) is 0. The summed E-state index contributed by atoms with van der Waals surface area (Å²) < 4.78 is 0. The predicted octanol–water partition coefficient (Wildman–Crippen LogP) is 4.01. The highest BCUT2D eigenvalue weighted by Crippen LogP contribution is 2.45. The highest BCUT2D eigenvalue weighted by atomic mass is 32.1. The molecular formula is C22H24N4S. The molecule has 1 saturated heterocycles. The molecule has 1 spiro atoms. The smallest absolute Gasteiger partial charge is 0.0729 e. The number of fused-ring (bicyclic) bond motifs is 2. The van der Waals surface area contributed by atoms with Crippen LogP contribution in [0.5, 0.6) is 0 Å². The Morgan fingerprint density at radius 1 is 1.07 bits per heavy atom. The van der Waals surface area contributed by atoms with E-state index in [9.17, 15) is 0 Å². The normalized spacial score (nSPS) is 21.9. The molecule has 0 saturated carbocycles. The van der Waals surface area contributed by atoms with Crippen molar-refractivity contribution in [2.45, 2.75) is 31.8 Å². The van der Waals surface area contributed by atoms with E-state index in [4.69, 9.17) is 4.98 Å². The molecule has 5 heterocycles. The molecule has 2 aliphatic rings. The lowest BCUT2D eigenvalue weighted by Crippen LogP contribution is -2.36. The number of nitrogens with zero attached hydrogens (tertiary/aromatic N) is 4. The molecule has 3 aromatic rings. The van der Waals surface area contributed by atoms with Crippen molar-refractivity contribution in [2.24, 2.45) is 0 Å².